The number of methoxy groups -OCH3 is 1. The molecule has 0 saturated carbocycles. The first-order chi connectivity index (χ1) is 8.01. The normalized spacial score (nSPS) is 14.4. The minimum Gasteiger partial charge on any atom is -0.468 e. The summed E-state index contributed by atoms with van der Waals surface area (Å²) >= 11 is 3.00. The number of rotatable bonds is 6. The summed E-state index contributed by atoms with van der Waals surface area (Å²) in [6, 6.07) is 0. The van der Waals surface area contributed by atoms with Crippen LogP contribution in [0.2, 0.25) is 0 Å². The molecule has 0 aromatic carbocycles. The highest BCUT2D eigenvalue weighted by Gasteiger charge is 2.32. The van der Waals surface area contributed by atoms with Crippen molar-refractivity contribution >= 4 is 29.3 Å². The molecular weight excluding hydrogens is 258 g/mol. The van der Waals surface area contributed by atoms with E-state index in [0.29, 0.717) is 6.42 Å². The van der Waals surface area contributed by atoms with Crippen molar-refractivity contribution in [2.45, 2.75) is 30.1 Å². The lowest BCUT2D eigenvalue weighted by Gasteiger charge is -2.25. The molecule has 96 valence electrons. The Morgan fingerprint density at radius 1 is 1.65 bits per heavy atom. The fourth-order valence-corrected chi connectivity index (χ4v) is 3.11. The van der Waals surface area contributed by atoms with Gasteiger partial charge in [0.05, 0.1) is 7.11 Å². The van der Waals surface area contributed by atoms with Crippen LogP contribution in [0.25, 0.3) is 0 Å². The van der Waals surface area contributed by atoms with Crippen LogP contribution in [0.4, 0.5) is 0 Å². The number of carbonyl (C=O) groups is 1. The van der Waals surface area contributed by atoms with Crippen LogP contribution >= 0.6 is 23.3 Å². The smallest absolute Gasteiger partial charge is 0.325 e. The summed E-state index contributed by atoms with van der Waals surface area (Å²) in [7, 11) is 3.16. The fraction of sp³-hybridized carbons (Fsp3) is 0.700. The molecule has 1 atom stereocenters. The number of hydrogen-bond acceptors (Lipinski definition) is 7. The van der Waals surface area contributed by atoms with Crippen molar-refractivity contribution in [3.63, 3.8) is 0 Å². The predicted octanol–water partition coefficient (Wildman–Crippen LogP) is 1.48. The summed E-state index contributed by atoms with van der Waals surface area (Å²) in [5.41, 5.74) is -0.637. The first-order valence-corrected chi connectivity index (χ1v) is 6.98. The first kappa shape index (κ1) is 14.4. The molecule has 0 amide bonds. The zero-order valence-electron chi connectivity index (χ0n) is 10.4. The van der Waals surface area contributed by atoms with Gasteiger partial charge in [-0.05, 0) is 38.8 Å². The van der Waals surface area contributed by atoms with E-state index in [0.717, 1.165) is 15.9 Å². The number of aryl methyl sites for hydroxylation is 1. The number of carbonyl (C=O) groups excluding carboxylic acids is 1. The van der Waals surface area contributed by atoms with Gasteiger partial charge in [-0.3, -0.25) is 4.79 Å². The van der Waals surface area contributed by atoms with Gasteiger partial charge in [0, 0.05) is 5.75 Å². The van der Waals surface area contributed by atoms with Crippen LogP contribution in [0, 0.1) is 6.92 Å². The summed E-state index contributed by atoms with van der Waals surface area (Å²) in [5.74, 6) is 1.34. The Balaban J connectivity index is 2.46. The van der Waals surface area contributed by atoms with E-state index in [-0.39, 0.29) is 5.97 Å². The second-order valence-corrected chi connectivity index (χ2v) is 5.87. The van der Waals surface area contributed by atoms with Crippen LogP contribution in [-0.2, 0) is 9.53 Å². The first-order valence-electron chi connectivity index (χ1n) is 5.22. The van der Waals surface area contributed by atoms with E-state index in [2.05, 4.69) is 14.7 Å². The van der Waals surface area contributed by atoms with E-state index >= 15 is 0 Å². The minimum absolute atomic E-state index is 0.242. The highest BCUT2D eigenvalue weighted by atomic mass is 32.2. The lowest BCUT2D eigenvalue weighted by Crippen LogP contribution is -2.48. The Bertz CT molecular complexity index is 383. The van der Waals surface area contributed by atoms with Gasteiger partial charge >= 0.3 is 5.97 Å². The fourth-order valence-electron chi connectivity index (χ4n) is 1.23. The molecule has 0 aliphatic carbocycles. The van der Waals surface area contributed by atoms with Crippen molar-refractivity contribution in [1.29, 1.82) is 0 Å². The van der Waals surface area contributed by atoms with Gasteiger partial charge < -0.3 is 10.1 Å². The monoisotopic (exact) mass is 275 g/mol. The molecule has 17 heavy (non-hydrogen) atoms. The van der Waals surface area contributed by atoms with Gasteiger partial charge in [0.2, 0.25) is 0 Å². The number of nitrogens with zero attached hydrogens (tertiary/aromatic N) is 2. The molecule has 0 aliphatic rings. The van der Waals surface area contributed by atoms with Gasteiger partial charge in [-0.1, -0.05) is 11.8 Å². The molecular formula is C10H17N3O2S2. The predicted molar refractivity (Wildman–Crippen MR) is 69.5 cm³/mol. The third kappa shape index (κ3) is 3.93. The van der Waals surface area contributed by atoms with Crippen LogP contribution in [0.15, 0.2) is 4.34 Å². The molecule has 1 rings (SSSR count). The van der Waals surface area contributed by atoms with Gasteiger partial charge in [0.15, 0.2) is 4.34 Å². The zero-order valence-corrected chi connectivity index (χ0v) is 12.1. The Labute approximate surface area is 110 Å². The number of thioether (sulfide) groups is 1. The lowest BCUT2D eigenvalue weighted by molar-refractivity contribution is -0.147. The molecule has 1 heterocycles. The maximum absolute atomic E-state index is 11.6. The number of likely N-dealkylation sites (N-methyl/N-ethyl adjacent to an activating group) is 1. The van der Waals surface area contributed by atoms with Crippen LogP contribution < -0.4 is 5.32 Å². The molecule has 1 aromatic rings. The molecule has 0 saturated heterocycles. The van der Waals surface area contributed by atoms with Crippen LogP contribution in [0.5, 0.6) is 0 Å². The third-order valence-electron chi connectivity index (χ3n) is 2.52. The SMILES string of the molecule is CNC(C)(CCSc1nc(C)ns1)C(=O)OC. The van der Waals surface area contributed by atoms with Crippen LogP contribution in [-0.4, -0.2) is 40.8 Å². The van der Waals surface area contributed by atoms with Crippen molar-refractivity contribution in [1.82, 2.24) is 14.7 Å². The van der Waals surface area contributed by atoms with Gasteiger partial charge in [0.1, 0.15) is 11.4 Å². The van der Waals surface area contributed by atoms with Crippen molar-refractivity contribution in [3.8, 4) is 0 Å². The Hall–Kier alpha value is -0.660. The van der Waals surface area contributed by atoms with Crippen LogP contribution in [0.1, 0.15) is 19.2 Å². The Morgan fingerprint density at radius 3 is 2.82 bits per heavy atom. The topological polar surface area (TPSA) is 64.1 Å². The van der Waals surface area contributed by atoms with Crippen molar-refractivity contribution in [2.75, 3.05) is 19.9 Å². The summed E-state index contributed by atoms with van der Waals surface area (Å²) in [4.78, 5) is 15.8. The lowest BCUT2D eigenvalue weighted by atomic mass is 10.00. The largest absolute Gasteiger partial charge is 0.468 e. The molecule has 1 unspecified atom stereocenters. The third-order valence-corrected chi connectivity index (χ3v) is 4.45. The number of ether oxygens (including phenoxy) is 1. The maximum Gasteiger partial charge on any atom is 0.325 e. The summed E-state index contributed by atoms with van der Waals surface area (Å²) in [6.07, 6.45) is 0.680. The number of hydrogen-bond donors (Lipinski definition) is 1. The molecule has 0 aliphatic heterocycles. The number of nitrogens with one attached hydrogen (secondary N) is 1. The van der Waals surface area contributed by atoms with E-state index in [9.17, 15) is 4.79 Å². The number of esters is 1. The Kier molecular flexibility index (Phi) is 5.35. The van der Waals surface area contributed by atoms with Gasteiger partial charge in [-0.15, -0.1) is 0 Å². The molecule has 0 fully saturated rings. The molecule has 7 heteroatoms. The highest BCUT2D eigenvalue weighted by molar-refractivity contribution is 8.00. The van der Waals surface area contributed by atoms with E-state index < -0.39 is 5.54 Å². The summed E-state index contributed by atoms with van der Waals surface area (Å²) in [6.45, 7) is 3.71. The van der Waals surface area contributed by atoms with Crippen LogP contribution in [0.3, 0.4) is 0 Å². The van der Waals surface area contributed by atoms with E-state index in [4.69, 9.17) is 4.74 Å². The molecule has 1 N–H and O–H groups in total. The second-order valence-electron chi connectivity index (χ2n) is 3.78. The summed E-state index contributed by atoms with van der Waals surface area (Å²) in [5, 5.41) is 3.00. The molecule has 0 radical (unpaired) electrons. The average Bonchev–Trinajstić information content (AvgIpc) is 2.73. The van der Waals surface area contributed by atoms with Gasteiger partial charge in [0.25, 0.3) is 0 Å². The zero-order chi connectivity index (χ0) is 12.9. The average molecular weight is 275 g/mol. The van der Waals surface area contributed by atoms with Gasteiger partial charge in [-0.2, -0.15) is 4.37 Å². The van der Waals surface area contributed by atoms with Crippen molar-refractivity contribution in [2.24, 2.45) is 0 Å². The second kappa shape index (κ2) is 6.32. The maximum atomic E-state index is 11.6. The van der Waals surface area contributed by atoms with E-state index in [1.165, 1.54) is 18.6 Å². The van der Waals surface area contributed by atoms with E-state index in [1.54, 1.807) is 18.8 Å². The Morgan fingerprint density at radius 2 is 2.35 bits per heavy atom. The molecule has 0 bridgehead atoms. The van der Waals surface area contributed by atoms with Gasteiger partial charge in [-0.25, -0.2) is 4.98 Å². The van der Waals surface area contributed by atoms with E-state index in [1.807, 2.05) is 13.8 Å². The standard InChI is InChI=1S/C10H17N3O2S2/c1-7-12-9(17-13-7)16-6-5-10(2,11-3)8(14)15-4/h11H,5-6H2,1-4H3. The highest BCUT2D eigenvalue weighted by Crippen LogP contribution is 2.23. The number of aromatic nitrogens is 2. The quantitative estimate of drug-likeness (QED) is 0.627. The summed E-state index contributed by atoms with van der Waals surface area (Å²) < 4.78 is 9.82. The molecule has 0 spiro atoms. The van der Waals surface area contributed by atoms with Crippen molar-refractivity contribution < 1.29 is 9.53 Å². The molecule has 1 aromatic heterocycles. The molecule has 5 nitrogen and oxygen atoms in total. The minimum atomic E-state index is -0.637. The van der Waals surface area contributed by atoms with Crippen molar-refractivity contribution in [3.05, 3.63) is 5.82 Å².